The van der Waals surface area contributed by atoms with Crippen LogP contribution in [0.5, 0.6) is 0 Å². The van der Waals surface area contributed by atoms with Crippen molar-refractivity contribution in [3.63, 3.8) is 0 Å². The number of amides is 1. The highest BCUT2D eigenvalue weighted by Crippen LogP contribution is 2.44. The van der Waals surface area contributed by atoms with Crippen LogP contribution in [0.2, 0.25) is 5.02 Å². The van der Waals surface area contributed by atoms with Crippen molar-refractivity contribution in [2.75, 3.05) is 18.4 Å². The molecule has 2 N–H and O–H groups in total. The van der Waals surface area contributed by atoms with Crippen LogP contribution in [0.4, 0.5) is 18.9 Å². The standard InChI is InChI=1S/C13H14ClF3N2O/c1-8-2-3-10(9(14)6-8)19-11(20)12(13(15,16)17)4-5-18-7-12/h2-3,6,18H,4-5,7H2,1H3,(H,19,20). The van der Waals surface area contributed by atoms with Gasteiger partial charge in [-0.1, -0.05) is 17.7 Å². The lowest BCUT2D eigenvalue weighted by Gasteiger charge is -2.29. The summed E-state index contributed by atoms with van der Waals surface area (Å²) in [6, 6.07) is 4.76. The lowest BCUT2D eigenvalue weighted by molar-refractivity contribution is -0.213. The summed E-state index contributed by atoms with van der Waals surface area (Å²) in [7, 11) is 0. The molecule has 1 aliphatic heterocycles. The molecule has 0 aliphatic carbocycles. The smallest absolute Gasteiger partial charge is 0.324 e. The van der Waals surface area contributed by atoms with Crippen LogP contribution in [0.25, 0.3) is 0 Å². The largest absolute Gasteiger partial charge is 0.404 e. The zero-order chi connectivity index (χ0) is 15.0. The van der Waals surface area contributed by atoms with Gasteiger partial charge < -0.3 is 10.6 Å². The Morgan fingerprint density at radius 3 is 2.65 bits per heavy atom. The van der Waals surface area contributed by atoms with Gasteiger partial charge in [-0.2, -0.15) is 13.2 Å². The van der Waals surface area contributed by atoms with Crippen LogP contribution in [0.1, 0.15) is 12.0 Å². The van der Waals surface area contributed by atoms with Crippen LogP contribution < -0.4 is 10.6 Å². The number of alkyl halides is 3. The Labute approximate surface area is 119 Å². The zero-order valence-corrected chi connectivity index (χ0v) is 11.5. The average molecular weight is 307 g/mol. The summed E-state index contributed by atoms with van der Waals surface area (Å²) in [5.41, 5.74) is -1.33. The minimum absolute atomic E-state index is 0.161. The molecule has 0 spiro atoms. The fourth-order valence-electron chi connectivity index (χ4n) is 2.22. The van der Waals surface area contributed by atoms with Gasteiger partial charge >= 0.3 is 6.18 Å². The molecule has 0 aromatic heterocycles. The Morgan fingerprint density at radius 1 is 1.45 bits per heavy atom. The Balaban J connectivity index is 2.26. The summed E-state index contributed by atoms with van der Waals surface area (Å²) < 4.78 is 39.6. The van der Waals surface area contributed by atoms with Gasteiger partial charge in [-0.05, 0) is 37.6 Å². The number of hydrogen-bond donors (Lipinski definition) is 2. The number of aryl methyl sites for hydroxylation is 1. The number of carbonyl (C=O) groups excluding carboxylic acids is 1. The topological polar surface area (TPSA) is 41.1 Å². The number of rotatable bonds is 2. The van der Waals surface area contributed by atoms with E-state index in [-0.39, 0.29) is 23.7 Å². The number of benzene rings is 1. The Kier molecular flexibility index (Phi) is 3.97. The van der Waals surface area contributed by atoms with E-state index in [4.69, 9.17) is 11.6 Å². The normalized spacial score (nSPS) is 22.9. The fourth-order valence-corrected chi connectivity index (χ4v) is 2.50. The Hall–Kier alpha value is -1.27. The van der Waals surface area contributed by atoms with Gasteiger partial charge in [0.15, 0.2) is 5.41 Å². The molecule has 0 bridgehead atoms. The number of carbonyl (C=O) groups is 1. The molecule has 1 aromatic carbocycles. The fraction of sp³-hybridized carbons (Fsp3) is 0.462. The van der Waals surface area contributed by atoms with Crippen LogP contribution in [0, 0.1) is 12.3 Å². The van der Waals surface area contributed by atoms with E-state index >= 15 is 0 Å². The van der Waals surface area contributed by atoms with Gasteiger partial charge in [-0.3, -0.25) is 4.79 Å². The molecule has 20 heavy (non-hydrogen) atoms. The molecule has 1 atom stereocenters. The molecule has 7 heteroatoms. The van der Waals surface area contributed by atoms with Crippen molar-refractivity contribution in [3.8, 4) is 0 Å². The third kappa shape index (κ3) is 2.62. The number of halogens is 4. The third-order valence-corrected chi connectivity index (χ3v) is 3.82. The van der Waals surface area contributed by atoms with Crippen LogP contribution in [0.3, 0.4) is 0 Å². The van der Waals surface area contributed by atoms with E-state index in [0.29, 0.717) is 0 Å². The molecule has 110 valence electrons. The second-order valence-electron chi connectivity index (χ2n) is 4.94. The summed E-state index contributed by atoms with van der Waals surface area (Å²) in [6.45, 7) is 1.55. The summed E-state index contributed by atoms with van der Waals surface area (Å²) >= 11 is 5.93. The van der Waals surface area contributed by atoms with Crippen LogP contribution in [-0.2, 0) is 4.79 Å². The van der Waals surface area contributed by atoms with Crippen molar-refractivity contribution in [1.82, 2.24) is 5.32 Å². The average Bonchev–Trinajstić information content (AvgIpc) is 2.82. The summed E-state index contributed by atoms with van der Waals surface area (Å²) in [5, 5.41) is 5.12. The van der Waals surface area contributed by atoms with E-state index in [2.05, 4.69) is 10.6 Å². The Morgan fingerprint density at radius 2 is 2.15 bits per heavy atom. The van der Waals surface area contributed by atoms with Crippen LogP contribution in [0.15, 0.2) is 18.2 Å². The predicted octanol–water partition coefficient (Wildman–Crippen LogP) is 3.13. The molecule has 2 rings (SSSR count). The molecule has 1 aliphatic rings. The van der Waals surface area contributed by atoms with Crippen molar-refractivity contribution in [2.24, 2.45) is 5.41 Å². The molecule has 1 aromatic rings. The van der Waals surface area contributed by atoms with E-state index in [0.717, 1.165) is 5.56 Å². The highest BCUT2D eigenvalue weighted by Gasteiger charge is 2.61. The molecule has 0 saturated carbocycles. The van der Waals surface area contributed by atoms with E-state index < -0.39 is 24.0 Å². The van der Waals surface area contributed by atoms with Crippen molar-refractivity contribution in [2.45, 2.75) is 19.5 Å². The lowest BCUT2D eigenvalue weighted by Crippen LogP contribution is -2.49. The molecule has 1 fully saturated rings. The van der Waals surface area contributed by atoms with E-state index in [9.17, 15) is 18.0 Å². The monoisotopic (exact) mass is 306 g/mol. The van der Waals surface area contributed by atoms with Gasteiger partial charge in [0.05, 0.1) is 10.7 Å². The van der Waals surface area contributed by atoms with Crippen molar-refractivity contribution >= 4 is 23.2 Å². The van der Waals surface area contributed by atoms with Gasteiger partial charge in [-0.15, -0.1) is 0 Å². The quantitative estimate of drug-likeness (QED) is 0.881. The maximum atomic E-state index is 13.2. The summed E-state index contributed by atoms with van der Waals surface area (Å²) in [6.07, 6.45) is -4.87. The number of nitrogens with one attached hydrogen (secondary N) is 2. The first kappa shape index (κ1) is 15.1. The first-order valence-corrected chi connectivity index (χ1v) is 6.49. The second-order valence-corrected chi connectivity index (χ2v) is 5.35. The SMILES string of the molecule is Cc1ccc(NC(=O)C2(C(F)(F)F)CCNC2)c(Cl)c1. The van der Waals surface area contributed by atoms with Crippen molar-refractivity contribution < 1.29 is 18.0 Å². The molecule has 3 nitrogen and oxygen atoms in total. The maximum absolute atomic E-state index is 13.2. The van der Waals surface area contributed by atoms with Crippen LogP contribution >= 0.6 is 11.6 Å². The number of hydrogen-bond acceptors (Lipinski definition) is 2. The number of anilines is 1. The molecule has 1 heterocycles. The van der Waals surface area contributed by atoms with Gasteiger partial charge in [0.2, 0.25) is 5.91 Å². The van der Waals surface area contributed by atoms with Gasteiger partial charge in [0.1, 0.15) is 0 Å². The summed E-state index contributed by atoms with van der Waals surface area (Å²) in [4.78, 5) is 12.1. The molecule has 1 amide bonds. The minimum atomic E-state index is -4.60. The molecule has 1 saturated heterocycles. The van der Waals surface area contributed by atoms with E-state index in [1.807, 2.05) is 0 Å². The first-order chi connectivity index (χ1) is 9.26. The molecular formula is C13H14ClF3N2O. The van der Waals surface area contributed by atoms with Gasteiger partial charge in [0, 0.05) is 6.54 Å². The predicted molar refractivity (Wildman–Crippen MR) is 70.8 cm³/mol. The van der Waals surface area contributed by atoms with Gasteiger partial charge in [-0.25, -0.2) is 0 Å². The highest BCUT2D eigenvalue weighted by molar-refractivity contribution is 6.33. The Bertz CT molecular complexity index is 525. The molecular weight excluding hydrogens is 293 g/mol. The van der Waals surface area contributed by atoms with Crippen molar-refractivity contribution in [3.05, 3.63) is 28.8 Å². The minimum Gasteiger partial charge on any atom is -0.324 e. The first-order valence-electron chi connectivity index (χ1n) is 6.11. The highest BCUT2D eigenvalue weighted by atomic mass is 35.5. The lowest BCUT2D eigenvalue weighted by atomic mass is 9.85. The summed E-state index contributed by atoms with van der Waals surface area (Å²) in [5.74, 6) is -1.07. The van der Waals surface area contributed by atoms with Crippen LogP contribution in [-0.4, -0.2) is 25.2 Å². The third-order valence-electron chi connectivity index (χ3n) is 3.51. The van der Waals surface area contributed by atoms with Gasteiger partial charge in [0.25, 0.3) is 0 Å². The molecule has 1 unspecified atom stereocenters. The van der Waals surface area contributed by atoms with E-state index in [1.165, 1.54) is 6.07 Å². The zero-order valence-electron chi connectivity index (χ0n) is 10.8. The maximum Gasteiger partial charge on any atom is 0.404 e. The second kappa shape index (κ2) is 5.26. The van der Waals surface area contributed by atoms with E-state index in [1.54, 1.807) is 19.1 Å². The molecule has 0 radical (unpaired) electrons. The van der Waals surface area contributed by atoms with Crippen molar-refractivity contribution in [1.29, 1.82) is 0 Å².